The van der Waals surface area contributed by atoms with Crippen LogP contribution in [0, 0.1) is 0 Å². The van der Waals surface area contributed by atoms with Crippen LogP contribution in [0.5, 0.6) is 0 Å². The normalized spacial score (nSPS) is 18.0. The lowest BCUT2D eigenvalue weighted by atomic mass is 10.4. The number of rotatable bonds is 2. The van der Waals surface area contributed by atoms with E-state index in [-0.39, 0.29) is 0 Å². The topological polar surface area (TPSA) is 63.4 Å². The number of hydrazine groups is 1. The van der Waals surface area contributed by atoms with Gasteiger partial charge in [-0.05, 0) is 12.1 Å². The first kappa shape index (κ1) is 9.23. The molecule has 0 saturated carbocycles. The highest BCUT2D eigenvalue weighted by Crippen LogP contribution is 2.08. The minimum Gasteiger partial charge on any atom is -0.384 e. The number of morpholine rings is 1. The Morgan fingerprint density at radius 2 is 2.14 bits per heavy atom. The van der Waals surface area contributed by atoms with Gasteiger partial charge in [0.15, 0.2) is 0 Å². The molecule has 76 valence electrons. The van der Waals surface area contributed by atoms with Crippen LogP contribution in [0.4, 0.5) is 11.5 Å². The largest absolute Gasteiger partial charge is 0.384 e. The van der Waals surface area contributed by atoms with Crippen LogP contribution in [0.15, 0.2) is 18.3 Å². The van der Waals surface area contributed by atoms with Gasteiger partial charge >= 0.3 is 0 Å². The average molecular weight is 194 g/mol. The van der Waals surface area contributed by atoms with Gasteiger partial charge in [-0.2, -0.15) is 0 Å². The third kappa shape index (κ3) is 2.34. The number of nitrogens with two attached hydrogens (primary N) is 1. The maximum Gasteiger partial charge on any atom is 0.123 e. The molecule has 1 aliphatic rings. The fourth-order valence-corrected chi connectivity index (χ4v) is 1.33. The fourth-order valence-electron chi connectivity index (χ4n) is 1.33. The monoisotopic (exact) mass is 194 g/mol. The van der Waals surface area contributed by atoms with Crippen LogP contribution in [-0.4, -0.2) is 36.3 Å². The smallest absolute Gasteiger partial charge is 0.123 e. The minimum atomic E-state index is 0.539. The van der Waals surface area contributed by atoms with Crippen molar-refractivity contribution < 1.29 is 4.74 Å². The van der Waals surface area contributed by atoms with Crippen LogP contribution in [0.1, 0.15) is 0 Å². The second-order valence-electron chi connectivity index (χ2n) is 3.18. The van der Waals surface area contributed by atoms with Crippen molar-refractivity contribution in [2.45, 2.75) is 0 Å². The fraction of sp³-hybridized carbons (Fsp3) is 0.444. The standard InChI is InChI=1S/C9H14N4O/c10-9-2-1-8(7-11-9)12-13-3-5-14-6-4-13/h1-2,7,12H,3-6H2,(H2,10,11). The molecule has 0 unspecified atom stereocenters. The summed E-state index contributed by atoms with van der Waals surface area (Å²) in [5.74, 6) is 0.539. The van der Waals surface area contributed by atoms with Crippen molar-refractivity contribution in [1.29, 1.82) is 0 Å². The molecule has 2 heterocycles. The molecule has 0 radical (unpaired) electrons. The Hall–Kier alpha value is -1.33. The van der Waals surface area contributed by atoms with Gasteiger partial charge in [-0.25, -0.2) is 9.99 Å². The minimum absolute atomic E-state index is 0.539. The summed E-state index contributed by atoms with van der Waals surface area (Å²) in [5.41, 5.74) is 9.69. The molecule has 2 rings (SSSR count). The molecule has 0 bridgehead atoms. The predicted molar refractivity (Wildman–Crippen MR) is 54.7 cm³/mol. The molecule has 3 N–H and O–H groups in total. The summed E-state index contributed by atoms with van der Waals surface area (Å²) in [6.45, 7) is 3.33. The SMILES string of the molecule is Nc1ccc(NN2CCOCC2)cn1. The molecule has 1 aromatic rings. The first-order chi connectivity index (χ1) is 6.84. The van der Waals surface area contributed by atoms with Crippen LogP contribution in [0.3, 0.4) is 0 Å². The van der Waals surface area contributed by atoms with Crippen LogP contribution in [0.25, 0.3) is 0 Å². The Morgan fingerprint density at radius 3 is 2.79 bits per heavy atom. The maximum atomic E-state index is 5.49. The molecule has 5 heteroatoms. The average Bonchev–Trinajstić information content (AvgIpc) is 2.23. The third-order valence-corrected chi connectivity index (χ3v) is 2.08. The molecular formula is C9H14N4O. The molecule has 5 nitrogen and oxygen atoms in total. The Labute approximate surface area is 82.8 Å². The van der Waals surface area contributed by atoms with Gasteiger partial charge in [0.2, 0.25) is 0 Å². The molecule has 0 spiro atoms. The lowest BCUT2D eigenvalue weighted by Crippen LogP contribution is -2.40. The van der Waals surface area contributed by atoms with E-state index in [4.69, 9.17) is 10.5 Å². The van der Waals surface area contributed by atoms with E-state index in [1.54, 1.807) is 12.3 Å². The van der Waals surface area contributed by atoms with Crippen LogP contribution < -0.4 is 11.2 Å². The molecule has 14 heavy (non-hydrogen) atoms. The zero-order chi connectivity index (χ0) is 9.80. The van der Waals surface area contributed by atoms with E-state index < -0.39 is 0 Å². The van der Waals surface area contributed by atoms with Gasteiger partial charge in [0.1, 0.15) is 5.82 Å². The highest BCUT2D eigenvalue weighted by molar-refractivity contribution is 5.44. The number of pyridine rings is 1. The second kappa shape index (κ2) is 4.26. The van der Waals surface area contributed by atoms with E-state index in [0.29, 0.717) is 5.82 Å². The lowest BCUT2D eigenvalue weighted by Gasteiger charge is -2.27. The second-order valence-corrected chi connectivity index (χ2v) is 3.18. The summed E-state index contributed by atoms with van der Waals surface area (Å²) in [5, 5.41) is 2.11. The van der Waals surface area contributed by atoms with Gasteiger partial charge in [-0.3, -0.25) is 0 Å². The summed E-state index contributed by atoms with van der Waals surface area (Å²) in [6.07, 6.45) is 1.73. The summed E-state index contributed by atoms with van der Waals surface area (Å²) in [4.78, 5) is 4.00. The number of nitrogens with zero attached hydrogens (tertiary/aromatic N) is 2. The van der Waals surface area contributed by atoms with Crippen molar-refractivity contribution in [2.24, 2.45) is 0 Å². The molecule has 0 atom stereocenters. The number of hydrogen-bond donors (Lipinski definition) is 2. The Bertz CT molecular complexity index is 281. The lowest BCUT2D eigenvalue weighted by molar-refractivity contribution is 0.0497. The number of nitrogen functional groups attached to an aromatic ring is 1. The van der Waals surface area contributed by atoms with Gasteiger partial charge in [-0.15, -0.1) is 0 Å². The first-order valence-electron chi connectivity index (χ1n) is 4.65. The third-order valence-electron chi connectivity index (χ3n) is 2.08. The van der Waals surface area contributed by atoms with Gasteiger partial charge in [0.25, 0.3) is 0 Å². The Kier molecular flexibility index (Phi) is 2.81. The van der Waals surface area contributed by atoms with Crippen molar-refractivity contribution >= 4 is 11.5 Å². The van der Waals surface area contributed by atoms with Crippen molar-refractivity contribution in [2.75, 3.05) is 37.5 Å². The molecular weight excluding hydrogens is 180 g/mol. The van der Waals surface area contributed by atoms with Crippen LogP contribution in [0.2, 0.25) is 0 Å². The van der Waals surface area contributed by atoms with Gasteiger partial charge in [0, 0.05) is 13.1 Å². The van der Waals surface area contributed by atoms with Crippen molar-refractivity contribution in [3.05, 3.63) is 18.3 Å². The predicted octanol–water partition coefficient (Wildman–Crippen LogP) is 0.323. The van der Waals surface area contributed by atoms with Gasteiger partial charge in [0.05, 0.1) is 25.1 Å². The molecule has 0 amide bonds. The number of ether oxygens (including phenoxy) is 1. The Balaban J connectivity index is 1.92. The van der Waals surface area contributed by atoms with E-state index in [1.165, 1.54) is 0 Å². The molecule has 1 fully saturated rings. The van der Waals surface area contributed by atoms with Gasteiger partial charge in [-0.1, -0.05) is 0 Å². The van der Waals surface area contributed by atoms with Crippen LogP contribution >= 0.6 is 0 Å². The van der Waals surface area contributed by atoms with Crippen LogP contribution in [-0.2, 0) is 4.74 Å². The summed E-state index contributed by atoms with van der Waals surface area (Å²) in [7, 11) is 0. The number of aromatic nitrogens is 1. The van der Waals surface area contributed by atoms with Crippen molar-refractivity contribution in [1.82, 2.24) is 9.99 Å². The molecule has 0 aliphatic carbocycles. The van der Waals surface area contributed by atoms with E-state index in [2.05, 4.69) is 15.4 Å². The van der Waals surface area contributed by atoms with E-state index >= 15 is 0 Å². The maximum absolute atomic E-state index is 5.49. The molecule has 1 aliphatic heterocycles. The van der Waals surface area contributed by atoms with E-state index in [9.17, 15) is 0 Å². The summed E-state index contributed by atoms with van der Waals surface area (Å²) >= 11 is 0. The van der Waals surface area contributed by atoms with Gasteiger partial charge < -0.3 is 15.9 Å². The van der Waals surface area contributed by atoms with E-state index in [1.807, 2.05) is 6.07 Å². The summed E-state index contributed by atoms with van der Waals surface area (Å²) < 4.78 is 5.24. The zero-order valence-corrected chi connectivity index (χ0v) is 7.94. The highest BCUT2D eigenvalue weighted by atomic mass is 16.5. The van der Waals surface area contributed by atoms with Crippen molar-refractivity contribution in [3.63, 3.8) is 0 Å². The van der Waals surface area contributed by atoms with E-state index in [0.717, 1.165) is 32.0 Å². The number of nitrogens with one attached hydrogen (secondary N) is 1. The summed E-state index contributed by atoms with van der Waals surface area (Å²) in [6, 6.07) is 3.70. The van der Waals surface area contributed by atoms with Crippen molar-refractivity contribution in [3.8, 4) is 0 Å². The Morgan fingerprint density at radius 1 is 1.36 bits per heavy atom. The first-order valence-corrected chi connectivity index (χ1v) is 4.65. The number of anilines is 2. The number of hydrogen-bond acceptors (Lipinski definition) is 5. The molecule has 0 aromatic carbocycles. The molecule has 1 aromatic heterocycles. The zero-order valence-electron chi connectivity index (χ0n) is 7.94. The quantitative estimate of drug-likeness (QED) is 0.710. The highest BCUT2D eigenvalue weighted by Gasteiger charge is 2.09. The molecule has 1 saturated heterocycles.